The summed E-state index contributed by atoms with van der Waals surface area (Å²) in [6.07, 6.45) is 12.2. The second-order valence-electron chi connectivity index (χ2n) is 6.88. The molecule has 1 fully saturated rings. The van der Waals surface area contributed by atoms with Gasteiger partial charge in [-0.3, -0.25) is 14.5 Å². The molecule has 1 unspecified atom stereocenters. The first-order valence-corrected chi connectivity index (χ1v) is 9.75. The number of allylic oxidation sites excluding steroid dienone is 1. The first-order chi connectivity index (χ1) is 12.1. The highest BCUT2D eigenvalue weighted by Crippen LogP contribution is 2.19. The summed E-state index contributed by atoms with van der Waals surface area (Å²) in [5.41, 5.74) is 0. The SMILES string of the molecule is CCCCCC(O)CCN1CCC(=O)[C@H]1C/C=C/CCCC(=O)OC. The maximum Gasteiger partial charge on any atom is 0.305 e. The monoisotopic (exact) mass is 353 g/mol. The summed E-state index contributed by atoms with van der Waals surface area (Å²) in [5.74, 6) is 0.128. The zero-order valence-electron chi connectivity index (χ0n) is 15.9. The van der Waals surface area contributed by atoms with Crippen LogP contribution in [-0.2, 0) is 14.3 Å². The lowest BCUT2D eigenvalue weighted by Gasteiger charge is -2.23. The molecular weight excluding hydrogens is 318 g/mol. The number of unbranched alkanes of at least 4 members (excludes halogenated alkanes) is 3. The Morgan fingerprint density at radius 1 is 1.32 bits per heavy atom. The fourth-order valence-electron chi connectivity index (χ4n) is 3.23. The molecule has 1 aliphatic rings. The molecule has 144 valence electrons. The van der Waals surface area contributed by atoms with Crippen molar-refractivity contribution >= 4 is 11.8 Å². The number of hydrogen-bond acceptors (Lipinski definition) is 5. The Kier molecular flexibility index (Phi) is 11.4. The maximum absolute atomic E-state index is 12.1. The van der Waals surface area contributed by atoms with E-state index >= 15 is 0 Å². The van der Waals surface area contributed by atoms with E-state index in [0.29, 0.717) is 18.6 Å². The summed E-state index contributed by atoms with van der Waals surface area (Å²) >= 11 is 0. The Hall–Kier alpha value is -1.20. The van der Waals surface area contributed by atoms with Crippen LogP contribution in [0, 0.1) is 0 Å². The van der Waals surface area contributed by atoms with Crippen LogP contribution in [-0.4, -0.2) is 54.1 Å². The first kappa shape index (κ1) is 21.8. The van der Waals surface area contributed by atoms with Crippen LogP contribution >= 0.6 is 0 Å². The Morgan fingerprint density at radius 2 is 2.12 bits per heavy atom. The number of hydrogen-bond donors (Lipinski definition) is 1. The van der Waals surface area contributed by atoms with E-state index in [2.05, 4.69) is 22.6 Å². The predicted octanol–water partition coefficient (Wildman–Crippen LogP) is 3.25. The lowest BCUT2D eigenvalue weighted by atomic mass is 10.1. The number of ether oxygens (including phenoxy) is 1. The molecule has 25 heavy (non-hydrogen) atoms. The third-order valence-corrected chi connectivity index (χ3v) is 4.85. The third kappa shape index (κ3) is 9.17. The highest BCUT2D eigenvalue weighted by atomic mass is 16.5. The number of aliphatic hydroxyl groups is 1. The normalized spacial score (nSPS) is 19.6. The molecule has 0 saturated carbocycles. The number of carbonyl (C=O) groups is 2. The number of aliphatic hydroxyl groups excluding tert-OH is 1. The van der Waals surface area contributed by atoms with Gasteiger partial charge in [0.1, 0.15) is 0 Å². The Balaban J connectivity index is 2.26. The molecule has 0 spiro atoms. The predicted molar refractivity (Wildman–Crippen MR) is 99.4 cm³/mol. The van der Waals surface area contributed by atoms with E-state index in [9.17, 15) is 14.7 Å². The van der Waals surface area contributed by atoms with Crippen molar-refractivity contribution in [1.82, 2.24) is 4.90 Å². The van der Waals surface area contributed by atoms with E-state index < -0.39 is 0 Å². The molecule has 1 heterocycles. The molecule has 0 amide bonds. The molecule has 0 bridgehead atoms. The van der Waals surface area contributed by atoms with Crippen LogP contribution in [0.3, 0.4) is 0 Å². The second kappa shape index (κ2) is 13.1. The molecule has 0 aromatic heterocycles. The molecule has 2 atom stereocenters. The van der Waals surface area contributed by atoms with Gasteiger partial charge >= 0.3 is 5.97 Å². The summed E-state index contributed by atoms with van der Waals surface area (Å²) in [4.78, 5) is 25.3. The van der Waals surface area contributed by atoms with Crippen LogP contribution in [0.4, 0.5) is 0 Å². The molecule has 0 aromatic carbocycles. The number of ketones is 1. The van der Waals surface area contributed by atoms with Gasteiger partial charge in [-0.05, 0) is 32.1 Å². The maximum atomic E-state index is 12.1. The molecule has 5 heteroatoms. The highest BCUT2D eigenvalue weighted by Gasteiger charge is 2.31. The van der Waals surface area contributed by atoms with Crippen molar-refractivity contribution in [2.24, 2.45) is 0 Å². The summed E-state index contributed by atoms with van der Waals surface area (Å²) < 4.78 is 4.61. The van der Waals surface area contributed by atoms with Gasteiger partial charge in [0.15, 0.2) is 5.78 Å². The van der Waals surface area contributed by atoms with Crippen LogP contribution in [0.25, 0.3) is 0 Å². The largest absolute Gasteiger partial charge is 0.469 e. The number of Topliss-reactive ketones (excluding diaryl/α,β-unsaturated/α-hetero) is 1. The fraction of sp³-hybridized carbons (Fsp3) is 0.800. The van der Waals surface area contributed by atoms with Crippen molar-refractivity contribution in [3.05, 3.63) is 12.2 Å². The van der Waals surface area contributed by atoms with E-state index in [-0.39, 0.29) is 18.1 Å². The number of likely N-dealkylation sites (tertiary alicyclic amines) is 1. The van der Waals surface area contributed by atoms with Crippen LogP contribution in [0.15, 0.2) is 12.2 Å². The summed E-state index contributed by atoms with van der Waals surface area (Å²) in [5, 5.41) is 10.1. The molecule has 1 rings (SSSR count). The quantitative estimate of drug-likeness (QED) is 0.313. The van der Waals surface area contributed by atoms with Gasteiger partial charge in [0.2, 0.25) is 0 Å². The number of nitrogens with zero attached hydrogens (tertiary/aromatic N) is 1. The minimum absolute atomic E-state index is 0.0419. The first-order valence-electron chi connectivity index (χ1n) is 9.75. The lowest BCUT2D eigenvalue weighted by Crippen LogP contribution is -2.34. The minimum atomic E-state index is -0.253. The van der Waals surface area contributed by atoms with Crippen LogP contribution in [0.5, 0.6) is 0 Å². The fourth-order valence-corrected chi connectivity index (χ4v) is 3.23. The number of carbonyl (C=O) groups excluding carboxylic acids is 2. The molecule has 1 aliphatic heterocycles. The molecule has 1 saturated heterocycles. The average Bonchev–Trinajstić information content (AvgIpc) is 2.96. The molecular formula is C20H35NO4. The lowest BCUT2D eigenvalue weighted by molar-refractivity contribution is -0.140. The van der Waals surface area contributed by atoms with E-state index in [1.807, 2.05) is 6.08 Å². The van der Waals surface area contributed by atoms with Gasteiger partial charge in [0, 0.05) is 25.9 Å². The Labute approximate surface area is 152 Å². The van der Waals surface area contributed by atoms with Gasteiger partial charge in [0.05, 0.1) is 19.3 Å². The molecule has 0 aliphatic carbocycles. The zero-order valence-corrected chi connectivity index (χ0v) is 15.9. The van der Waals surface area contributed by atoms with Gasteiger partial charge in [-0.2, -0.15) is 0 Å². The number of esters is 1. The van der Waals surface area contributed by atoms with Crippen molar-refractivity contribution in [2.45, 2.75) is 83.3 Å². The Morgan fingerprint density at radius 3 is 2.84 bits per heavy atom. The standard InChI is InChI=1S/C20H35NO4/c1-3-4-7-10-17(22)13-15-21-16-14-19(23)18(21)11-8-5-6-9-12-20(24)25-2/h5,8,17-18,22H,3-4,6-7,9-16H2,1-2H3/b8-5+/t17?,18-/m1/s1. The molecule has 0 aromatic rings. The van der Waals surface area contributed by atoms with Crippen molar-refractivity contribution in [3.8, 4) is 0 Å². The Bertz CT molecular complexity index is 422. The summed E-state index contributed by atoms with van der Waals surface area (Å²) in [6, 6.07) is -0.0419. The third-order valence-electron chi connectivity index (χ3n) is 4.85. The van der Waals surface area contributed by atoms with Crippen molar-refractivity contribution < 1.29 is 19.4 Å². The number of methoxy groups -OCH3 is 1. The van der Waals surface area contributed by atoms with E-state index in [1.54, 1.807) is 0 Å². The molecule has 1 N–H and O–H groups in total. The smallest absolute Gasteiger partial charge is 0.305 e. The minimum Gasteiger partial charge on any atom is -0.469 e. The van der Waals surface area contributed by atoms with Crippen molar-refractivity contribution in [2.75, 3.05) is 20.2 Å². The van der Waals surface area contributed by atoms with Crippen LogP contribution < -0.4 is 0 Å². The molecule has 0 radical (unpaired) electrons. The van der Waals surface area contributed by atoms with Crippen LogP contribution in [0.2, 0.25) is 0 Å². The van der Waals surface area contributed by atoms with E-state index in [0.717, 1.165) is 51.6 Å². The van der Waals surface area contributed by atoms with E-state index in [1.165, 1.54) is 20.0 Å². The van der Waals surface area contributed by atoms with Gasteiger partial charge in [-0.15, -0.1) is 0 Å². The average molecular weight is 354 g/mol. The second-order valence-corrected chi connectivity index (χ2v) is 6.88. The van der Waals surface area contributed by atoms with Crippen molar-refractivity contribution in [3.63, 3.8) is 0 Å². The summed E-state index contributed by atoms with van der Waals surface area (Å²) in [6.45, 7) is 3.76. The van der Waals surface area contributed by atoms with Gasteiger partial charge in [0.25, 0.3) is 0 Å². The zero-order chi connectivity index (χ0) is 18.5. The summed E-state index contributed by atoms with van der Waals surface area (Å²) in [7, 11) is 1.40. The van der Waals surface area contributed by atoms with E-state index in [4.69, 9.17) is 0 Å². The highest BCUT2D eigenvalue weighted by molar-refractivity contribution is 5.86. The van der Waals surface area contributed by atoms with Gasteiger partial charge < -0.3 is 9.84 Å². The molecule has 5 nitrogen and oxygen atoms in total. The van der Waals surface area contributed by atoms with Crippen molar-refractivity contribution in [1.29, 1.82) is 0 Å². The topological polar surface area (TPSA) is 66.8 Å². The number of rotatable bonds is 13. The van der Waals surface area contributed by atoms with Crippen LogP contribution in [0.1, 0.15) is 71.1 Å². The van der Waals surface area contributed by atoms with Gasteiger partial charge in [-0.25, -0.2) is 0 Å². The van der Waals surface area contributed by atoms with Gasteiger partial charge in [-0.1, -0.05) is 38.3 Å².